The van der Waals surface area contributed by atoms with Gasteiger partial charge in [0.05, 0.1) is 18.0 Å². The number of hydrogen-bond acceptors (Lipinski definition) is 10. The molecule has 0 aromatic heterocycles. The van der Waals surface area contributed by atoms with Crippen LogP contribution in [0.5, 0.6) is 17.2 Å². The molecule has 0 saturated heterocycles. The second-order valence-corrected chi connectivity index (χ2v) is 10.3. The number of hydrogen-bond donors (Lipinski definition) is 0. The zero-order valence-corrected chi connectivity index (χ0v) is 23.3. The van der Waals surface area contributed by atoms with Crippen LogP contribution in [0.15, 0.2) is 18.2 Å². The van der Waals surface area contributed by atoms with Crippen molar-refractivity contribution in [3.05, 3.63) is 40.5 Å². The van der Waals surface area contributed by atoms with Crippen LogP contribution >= 0.6 is 31.9 Å². The van der Waals surface area contributed by atoms with Crippen molar-refractivity contribution >= 4 is 61.7 Å². The van der Waals surface area contributed by atoms with Crippen LogP contribution in [0.2, 0.25) is 0 Å². The van der Waals surface area contributed by atoms with Crippen LogP contribution < -0.4 is 14.2 Å². The molecule has 12 heteroatoms. The van der Waals surface area contributed by atoms with Gasteiger partial charge >= 0.3 is 29.8 Å². The SMILES string of the molecule is COC(=O)c1ccc(-c2c(OC(C)=O)cc(C(=O)OC)c(OC(C)=O)c2C(Br)Br)c(C)c1OC(C)=O. The van der Waals surface area contributed by atoms with Gasteiger partial charge in [-0.25, -0.2) is 9.59 Å². The van der Waals surface area contributed by atoms with E-state index >= 15 is 0 Å². The number of carbonyl (C=O) groups excluding carboxylic acids is 5. The zero-order valence-electron chi connectivity index (χ0n) is 20.1. The molecule has 10 nitrogen and oxygen atoms in total. The molecule has 0 amide bonds. The molecule has 0 saturated carbocycles. The molecule has 0 atom stereocenters. The maximum atomic E-state index is 12.6. The molecule has 0 aliphatic rings. The summed E-state index contributed by atoms with van der Waals surface area (Å²) in [4.78, 5) is 60.7. The molecule has 2 aromatic carbocycles. The highest BCUT2D eigenvalue weighted by Gasteiger charge is 2.32. The minimum absolute atomic E-state index is 0.0230. The highest BCUT2D eigenvalue weighted by atomic mass is 79.9. The summed E-state index contributed by atoms with van der Waals surface area (Å²) >= 11 is 6.77. The Balaban J connectivity index is 3.13. The Bertz CT molecular complexity index is 1250. The van der Waals surface area contributed by atoms with Gasteiger partial charge in [0.1, 0.15) is 22.6 Å². The van der Waals surface area contributed by atoms with Crippen molar-refractivity contribution in [2.24, 2.45) is 0 Å². The lowest BCUT2D eigenvalue weighted by molar-refractivity contribution is -0.133. The van der Waals surface area contributed by atoms with Gasteiger partial charge in [-0.2, -0.15) is 0 Å². The molecule has 0 bridgehead atoms. The number of halogens is 2. The Hall–Kier alpha value is -3.25. The lowest BCUT2D eigenvalue weighted by Crippen LogP contribution is -2.15. The van der Waals surface area contributed by atoms with Crippen molar-refractivity contribution in [1.29, 1.82) is 0 Å². The fourth-order valence-corrected chi connectivity index (χ4v) is 4.28. The van der Waals surface area contributed by atoms with Gasteiger partial charge in [0, 0.05) is 37.5 Å². The Morgan fingerprint density at radius 3 is 1.72 bits per heavy atom. The van der Waals surface area contributed by atoms with Gasteiger partial charge in [0.15, 0.2) is 5.75 Å². The molecule has 192 valence electrons. The van der Waals surface area contributed by atoms with Crippen LogP contribution in [0, 0.1) is 6.92 Å². The number of methoxy groups -OCH3 is 2. The van der Waals surface area contributed by atoms with E-state index in [-0.39, 0.29) is 39.5 Å². The Morgan fingerprint density at radius 2 is 1.25 bits per heavy atom. The highest BCUT2D eigenvalue weighted by Crippen LogP contribution is 2.51. The molecule has 36 heavy (non-hydrogen) atoms. The third-order valence-electron chi connectivity index (χ3n) is 4.73. The summed E-state index contributed by atoms with van der Waals surface area (Å²) in [5, 5.41) is 0. The van der Waals surface area contributed by atoms with E-state index in [0.29, 0.717) is 11.1 Å². The molecular formula is C24H22Br2O10. The first-order valence-corrected chi connectivity index (χ1v) is 12.0. The molecule has 2 aromatic rings. The highest BCUT2D eigenvalue weighted by molar-refractivity contribution is 9.24. The van der Waals surface area contributed by atoms with Gasteiger partial charge in [0.2, 0.25) is 0 Å². The minimum Gasteiger partial charge on any atom is -0.465 e. The average molecular weight is 630 g/mol. The minimum atomic E-state index is -0.855. The summed E-state index contributed by atoms with van der Waals surface area (Å²) in [6.45, 7) is 5.05. The summed E-state index contributed by atoms with van der Waals surface area (Å²) in [5.74, 6) is -4.06. The van der Waals surface area contributed by atoms with Crippen LogP contribution in [0.4, 0.5) is 0 Å². The van der Waals surface area contributed by atoms with Crippen LogP contribution in [0.25, 0.3) is 11.1 Å². The van der Waals surface area contributed by atoms with Crippen molar-refractivity contribution in [2.75, 3.05) is 14.2 Å². The molecule has 0 spiro atoms. The van der Waals surface area contributed by atoms with E-state index in [4.69, 9.17) is 23.7 Å². The lowest BCUT2D eigenvalue weighted by Gasteiger charge is -2.23. The first kappa shape index (κ1) is 29.0. The molecule has 0 heterocycles. The van der Waals surface area contributed by atoms with Crippen LogP contribution in [0.3, 0.4) is 0 Å². The molecule has 0 aliphatic heterocycles. The monoisotopic (exact) mass is 628 g/mol. The van der Waals surface area contributed by atoms with E-state index in [2.05, 4.69) is 31.9 Å². The van der Waals surface area contributed by atoms with Crippen LogP contribution in [-0.4, -0.2) is 44.1 Å². The van der Waals surface area contributed by atoms with Crippen molar-refractivity contribution in [3.8, 4) is 28.4 Å². The quantitative estimate of drug-likeness (QED) is 0.239. The molecular weight excluding hydrogens is 608 g/mol. The van der Waals surface area contributed by atoms with Gasteiger partial charge in [0.25, 0.3) is 0 Å². The predicted octanol–water partition coefficient (Wildman–Crippen LogP) is 4.80. The topological polar surface area (TPSA) is 132 Å². The summed E-state index contributed by atoms with van der Waals surface area (Å²) in [5.41, 5.74) is 0.810. The maximum absolute atomic E-state index is 12.6. The van der Waals surface area contributed by atoms with Crippen molar-refractivity contribution in [3.63, 3.8) is 0 Å². The summed E-state index contributed by atoms with van der Waals surface area (Å²) < 4.78 is 25.0. The summed E-state index contributed by atoms with van der Waals surface area (Å²) in [6.07, 6.45) is 0. The Morgan fingerprint density at radius 1 is 0.750 bits per heavy atom. The number of esters is 5. The van der Waals surface area contributed by atoms with E-state index in [1.165, 1.54) is 39.2 Å². The van der Waals surface area contributed by atoms with Gasteiger partial charge < -0.3 is 23.7 Å². The van der Waals surface area contributed by atoms with Gasteiger partial charge in [-0.15, -0.1) is 0 Å². The van der Waals surface area contributed by atoms with E-state index in [9.17, 15) is 24.0 Å². The van der Waals surface area contributed by atoms with E-state index in [0.717, 1.165) is 14.0 Å². The van der Waals surface area contributed by atoms with E-state index in [1.807, 2.05) is 0 Å². The second kappa shape index (κ2) is 12.1. The van der Waals surface area contributed by atoms with Gasteiger partial charge in [-0.3, -0.25) is 14.4 Å². The zero-order chi connectivity index (χ0) is 27.3. The Labute approximate surface area is 223 Å². The fourth-order valence-electron chi connectivity index (χ4n) is 3.41. The predicted molar refractivity (Wildman–Crippen MR) is 134 cm³/mol. The number of carbonyl (C=O) groups is 5. The Kier molecular flexibility index (Phi) is 9.77. The third-order valence-corrected chi connectivity index (χ3v) is 5.65. The first-order chi connectivity index (χ1) is 16.8. The number of alkyl halides is 2. The fraction of sp³-hybridized carbons (Fsp3) is 0.292. The molecule has 0 fully saturated rings. The summed E-state index contributed by atoms with van der Waals surface area (Å²) in [7, 11) is 2.32. The smallest absolute Gasteiger partial charge is 0.341 e. The van der Waals surface area contributed by atoms with Crippen molar-refractivity contribution in [2.45, 2.75) is 31.4 Å². The number of rotatable bonds is 7. The first-order valence-electron chi connectivity index (χ1n) is 10.2. The molecule has 0 N–H and O–H groups in total. The number of ether oxygens (including phenoxy) is 5. The summed E-state index contributed by atoms with van der Waals surface area (Å²) in [6, 6.07) is 4.08. The van der Waals surface area contributed by atoms with E-state index in [1.54, 1.807) is 6.92 Å². The van der Waals surface area contributed by atoms with Crippen molar-refractivity contribution in [1.82, 2.24) is 0 Å². The molecule has 0 radical (unpaired) electrons. The molecule has 0 unspecified atom stereocenters. The van der Waals surface area contributed by atoms with E-state index < -0.39 is 33.6 Å². The van der Waals surface area contributed by atoms with Gasteiger partial charge in [-0.05, 0) is 24.6 Å². The normalized spacial score (nSPS) is 10.5. The van der Waals surface area contributed by atoms with Crippen molar-refractivity contribution < 1.29 is 47.7 Å². The molecule has 0 aliphatic carbocycles. The maximum Gasteiger partial charge on any atom is 0.341 e. The third kappa shape index (κ3) is 6.30. The van der Waals surface area contributed by atoms with Crippen LogP contribution in [0.1, 0.15) is 56.4 Å². The molecule has 2 rings (SSSR count). The van der Waals surface area contributed by atoms with Gasteiger partial charge in [-0.1, -0.05) is 37.9 Å². The van der Waals surface area contributed by atoms with Crippen LogP contribution in [-0.2, 0) is 23.9 Å². The average Bonchev–Trinajstić information content (AvgIpc) is 2.78. The lowest BCUT2D eigenvalue weighted by atomic mass is 9.91. The largest absolute Gasteiger partial charge is 0.465 e. The second-order valence-electron chi connectivity index (χ2n) is 7.22. The standard InChI is InChI=1S/C24H22Br2O10/c1-10-14(7-8-15(23(30)32-5)20(10)35-12(3)28)18-17(34-11(2)27)9-16(24(31)33-6)21(36-13(4)29)19(18)22(25)26/h7-9,22H,1-6H3. The number of benzene rings is 2.